The van der Waals surface area contributed by atoms with Crippen LogP contribution in [-0.2, 0) is 24.3 Å². The summed E-state index contributed by atoms with van der Waals surface area (Å²) in [5.41, 5.74) is 1.04. The molecule has 0 aromatic heterocycles. The quantitative estimate of drug-likeness (QED) is 0.369. The number of carbonyl (C=O) groups is 3. The predicted molar refractivity (Wildman–Crippen MR) is 106 cm³/mol. The van der Waals surface area contributed by atoms with Crippen LogP contribution in [0, 0.1) is 0 Å². The molecule has 0 saturated carbocycles. The first-order valence-corrected chi connectivity index (χ1v) is 9.21. The summed E-state index contributed by atoms with van der Waals surface area (Å²) in [7, 11) is 0. The van der Waals surface area contributed by atoms with Gasteiger partial charge in [-0.2, -0.15) is 0 Å². The van der Waals surface area contributed by atoms with E-state index < -0.39 is 23.8 Å². The van der Waals surface area contributed by atoms with Crippen LogP contribution in [0.4, 0.5) is 0 Å². The minimum absolute atomic E-state index is 0. The maximum absolute atomic E-state index is 11.3. The smallest absolute Gasteiger partial charge is 0.335 e. The predicted octanol–water partition coefficient (Wildman–Crippen LogP) is 4.91. The van der Waals surface area contributed by atoms with Crippen LogP contribution in [0.2, 0.25) is 0 Å². The SMILES string of the molecule is CCCCCCC(C(=O)O)c1cccc(C(=O)O)c1.O=C(O)c1ccccc1.[Zn]. The van der Waals surface area contributed by atoms with Gasteiger partial charge in [0.05, 0.1) is 17.0 Å². The number of rotatable bonds is 9. The van der Waals surface area contributed by atoms with Crippen molar-refractivity contribution in [3.8, 4) is 0 Å². The van der Waals surface area contributed by atoms with Crippen molar-refractivity contribution >= 4 is 17.9 Å². The van der Waals surface area contributed by atoms with Gasteiger partial charge in [-0.05, 0) is 36.2 Å². The Hall–Kier alpha value is -2.53. The van der Waals surface area contributed by atoms with Crippen molar-refractivity contribution in [2.24, 2.45) is 0 Å². The molecule has 3 N–H and O–H groups in total. The van der Waals surface area contributed by atoms with E-state index in [1.54, 1.807) is 42.5 Å². The van der Waals surface area contributed by atoms with E-state index in [4.69, 9.17) is 10.2 Å². The van der Waals surface area contributed by atoms with Crippen LogP contribution in [0.3, 0.4) is 0 Å². The third-order valence-electron chi connectivity index (χ3n) is 4.20. The molecule has 152 valence electrons. The fraction of sp³-hybridized carbons (Fsp3) is 0.318. The van der Waals surface area contributed by atoms with Crippen molar-refractivity contribution in [1.82, 2.24) is 0 Å². The number of aliphatic carboxylic acids is 1. The summed E-state index contributed by atoms with van der Waals surface area (Å²) >= 11 is 0. The summed E-state index contributed by atoms with van der Waals surface area (Å²) in [6, 6.07) is 14.5. The van der Waals surface area contributed by atoms with Crippen molar-refractivity contribution < 1.29 is 49.2 Å². The van der Waals surface area contributed by atoms with Gasteiger partial charge >= 0.3 is 17.9 Å². The Morgan fingerprint density at radius 1 is 0.793 bits per heavy atom. The van der Waals surface area contributed by atoms with Crippen LogP contribution < -0.4 is 0 Å². The molecule has 0 amide bonds. The Bertz CT molecular complexity index is 776. The zero-order valence-corrected chi connectivity index (χ0v) is 19.5. The molecule has 29 heavy (non-hydrogen) atoms. The number of benzene rings is 2. The van der Waals surface area contributed by atoms with Gasteiger partial charge in [0.1, 0.15) is 0 Å². The van der Waals surface area contributed by atoms with E-state index in [2.05, 4.69) is 6.92 Å². The molecule has 2 aromatic rings. The average molecular weight is 452 g/mol. The van der Waals surface area contributed by atoms with Crippen molar-refractivity contribution in [2.75, 3.05) is 0 Å². The van der Waals surface area contributed by atoms with E-state index in [0.29, 0.717) is 17.5 Å². The topological polar surface area (TPSA) is 112 Å². The van der Waals surface area contributed by atoms with Gasteiger partial charge in [0.2, 0.25) is 0 Å². The van der Waals surface area contributed by atoms with Gasteiger partial charge in [0.25, 0.3) is 0 Å². The molecule has 0 aliphatic rings. The minimum Gasteiger partial charge on any atom is -0.481 e. The van der Waals surface area contributed by atoms with Crippen molar-refractivity contribution in [3.63, 3.8) is 0 Å². The molecule has 1 unspecified atom stereocenters. The number of hydrogen-bond acceptors (Lipinski definition) is 3. The Morgan fingerprint density at radius 3 is 1.86 bits per heavy atom. The molecule has 0 radical (unpaired) electrons. The molecular formula is C22H26O6Zn. The van der Waals surface area contributed by atoms with Crippen LogP contribution in [0.15, 0.2) is 54.6 Å². The van der Waals surface area contributed by atoms with E-state index in [-0.39, 0.29) is 25.0 Å². The van der Waals surface area contributed by atoms with E-state index in [0.717, 1.165) is 25.7 Å². The second-order valence-corrected chi connectivity index (χ2v) is 6.34. The maximum atomic E-state index is 11.3. The molecule has 0 saturated heterocycles. The van der Waals surface area contributed by atoms with Gasteiger partial charge in [-0.3, -0.25) is 4.79 Å². The molecule has 7 heteroatoms. The summed E-state index contributed by atoms with van der Waals surface area (Å²) in [6.45, 7) is 2.10. The third-order valence-corrected chi connectivity index (χ3v) is 4.20. The van der Waals surface area contributed by atoms with Crippen LogP contribution in [0.1, 0.15) is 71.2 Å². The van der Waals surface area contributed by atoms with E-state index in [9.17, 15) is 19.5 Å². The first-order chi connectivity index (χ1) is 13.4. The third kappa shape index (κ3) is 10.00. The Balaban J connectivity index is 0.000000658. The van der Waals surface area contributed by atoms with Gasteiger partial charge in [0.15, 0.2) is 0 Å². The molecule has 0 aliphatic heterocycles. The zero-order valence-electron chi connectivity index (χ0n) is 16.6. The first kappa shape index (κ1) is 26.5. The average Bonchev–Trinajstić information content (AvgIpc) is 2.69. The molecule has 0 fully saturated rings. The maximum Gasteiger partial charge on any atom is 0.335 e. The summed E-state index contributed by atoms with van der Waals surface area (Å²) in [6.07, 6.45) is 4.62. The summed E-state index contributed by atoms with van der Waals surface area (Å²) < 4.78 is 0. The Morgan fingerprint density at radius 2 is 1.38 bits per heavy atom. The molecule has 0 aliphatic carbocycles. The van der Waals surface area contributed by atoms with Crippen molar-refractivity contribution in [2.45, 2.75) is 44.9 Å². The van der Waals surface area contributed by atoms with Gasteiger partial charge in [-0.1, -0.05) is 62.9 Å². The number of carboxylic acids is 3. The van der Waals surface area contributed by atoms with Gasteiger partial charge < -0.3 is 15.3 Å². The molecule has 2 rings (SSSR count). The second-order valence-electron chi connectivity index (χ2n) is 6.34. The molecule has 6 nitrogen and oxygen atoms in total. The monoisotopic (exact) mass is 450 g/mol. The van der Waals surface area contributed by atoms with Crippen molar-refractivity contribution in [3.05, 3.63) is 71.3 Å². The van der Waals surface area contributed by atoms with Gasteiger partial charge in [-0.15, -0.1) is 0 Å². The number of aromatic carboxylic acids is 2. The molecular weight excluding hydrogens is 426 g/mol. The zero-order chi connectivity index (χ0) is 20.9. The Kier molecular flexibility index (Phi) is 13.2. The van der Waals surface area contributed by atoms with Crippen LogP contribution in [-0.4, -0.2) is 33.2 Å². The fourth-order valence-electron chi connectivity index (χ4n) is 2.68. The van der Waals surface area contributed by atoms with E-state index in [1.165, 1.54) is 12.1 Å². The molecule has 0 spiro atoms. The summed E-state index contributed by atoms with van der Waals surface area (Å²) in [5.74, 6) is -3.41. The van der Waals surface area contributed by atoms with E-state index in [1.807, 2.05) is 0 Å². The molecule has 0 heterocycles. The summed E-state index contributed by atoms with van der Waals surface area (Å²) in [5, 5.41) is 26.6. The van der Waals surface area contributed by atoms with E-state index >= 15 is 0 Å². The van der Waals surface area contributed by atoms with Crippen LogP contribution >= 0.6 is 0 Å². The first-order valence-electron chi connectivity index (χ1n) is 9.21. The number of unbranched alkanes of at least 4 members (excludes halogenated alkanes) is 3. The Labute approximate surface area is 183 Å². The second kappa shape index (κ2) is 14.5. The summed E-state index contributed by atoms with van der Waals surface area (Å²) in [4.78, 5) is 32.4. The molecule has 1 atom stereocenters. The van der Waals surface area contributed by atoms with Crippen LogP contribution in [0.25, 0.3) is 0 Å². The molecule has 2 aromatic carbocycles. The van der Waals surface area contributed by atoms with Crippen molar-refractivity contribution in [1.29, 1.82) is 0 Å². The number of carboxylic acid groups (broad SMARTS) is 3. The number of hydrogen-bond donors (Lipinski definition) is 3. The minimum atomic E-state index is -1.03. The van der Waals surface area contributed by atoms with Gasteiger partial charge in [-0.25, -0.2) is 9.59 Å². The molecule has 0 bridgehead atoms. The fourth-order valence-corrected chi connectivity index (χ4v) is 2.68. The largest absolute Gasteiger partial charge is 0.481 e. The normalized spacial score (nSPS) is 10.7. The van der Waals surface area contributed by atoms with Gasteiger partial charge in [0, 0.05) is 19.5 Å². The van der Waals surface area contributed by atoms with Crippen LogP contribution in [0.5, 0.6) is 0 Å². The standard InChI is InChI=1S/C15H20O4.C7H6O2.Zn/c1-2-3-4-5-9-13(15(18)19)11-7-6-8-12(10-11)14(16)17;8-7(9)6-4-2-1-3-5-6;/h6-8,10,13H,2-5,9H2,1H3,(H,16,17)(H,18,19);1-5H,(H,8,9);.